The van der Waals surface area contributed by atoms with Gasteiger partial charge in [-0.05, 0) is 51.9 Å². The second-order valence-corrected chi connectivity index (χ2v) is 8.75. The number of imidazole rings is 1. The van der Waals surface area contributed by atoms with Crippen LogP contribution in [0.2, 0.25) is 0 Å². The van der Waals surface area contributed by atoms with Gasteiger partial charge in [0.25, 0.3) is 11.4 Å². The van der Waals surface area contributed by atoms with Crippen LogP contribution in [0.4, 0.5) is 21.5 Å². The van der Waals surface area contributed by atoms with E-state index >= 15 is 0 Å². The highest BCUT2D eigenvalue weighted by molar-refractivity contribution is 5.78. The quantitative estimate of drug-likeness (QED) is 0.221. The lowest BCUT2D eigenvalue weighted by atomic mass is 10.3. The lowest BCUT2D eigenvalue weighted by molar-refractivity contribution is -0.385. The average Bonchev–Trinajstić information content (AvgIpc) is 3.79. The molecule has 0 aliphatic heterocycles. The molecule has 2 aromatic carbocycles. The van der Waals surface area contributed by atoms with E-state index in [4.69, 9.17) is 5.73 Å². The molecule has 2 aliphatic carbocycles. The lowest BCUT2D eigenvalue weighted by Crippen LogP contribution is -2.07. The number of nitrogens with zero attached hydrogens (tertiary/aromatic N) is 6. The van der Waals surface area contributed by atoms with Gasteiger partial charge in [-0.2, -0.15) is 0 Å². The molecule has 1 heterocycles. The Labute approximate surface area is 214 Å². The molecule has 12 nitrogen and oxygen atoms in total. The van der Waals surface area contributed by atoms with Gasteiger partial charge in [0.2, 0.25) is 0 Å². The fraction of sp³-hybridized carbons (Fsp3) is 0.417. The predicted octanol–water partition coefficient (Wildman–Crippen LogP) is 4.18. The number of non-ortho nitro benzene ring substituents is 2. The van der Waals surface area contributed by atoms with E-state index in [-0.39, 0.29) is 17.1 Å². The van der Waals surface area contributed by atoms with Crippen LogP contribution in [0.5, 0.6) is 0 Å². The molecule has 3 aromatic rings. The maximum atomic E-state index is 13.1. The summed E-state index contributed by atoms with van der Waals surface area (Å²) in [6.45, 7) is 0. The van der Waals surface area contributed by atoms with Crippen LogP contribution in [0.15, 0.2) is 47.7 Å². The summed E-state index contributed by atoms with van der Waals surface area (Å²) < 4.78 is 15.2. The van der Waals surface area contributed by atoms with E-state index < -0.39 is 15.7 Å². The number of nitrogens with two attached hydrogens (primary N) is 1. The molecule has 0 radical (unpaired) electrons. The average molecular weight is 517 g/mol. The molecule has 0 unspecified atom stereocenters. The molecule has 1 aromatic heterocycles. The highest BCUT2D eigenvalue weighted by Crippen LogP contribution is 2.37. The van der Waals surface area contributed by atoms with Crippen LogP contribution in [0, 0.1) is 26.0 Å². The van der Waals surface area contributed by atoms with Gasteiger partial charge in [-0.15, -0.1) is 0 Å². The first kappa shape index (κ1) is 29.3. The number of benzene rings is 2. The van der Waals surface area contributed by atoms with Crippen molar-refractivity contribution >= 4 is 34.4 Å². The minimum absolute atomic E-state index is 0.0436. The molecule has 0 bridgehead atoms. The van der Waals surface area contributed by atoms with Crippen molar-refractivity contribution in [2.45, 2.75) is 37.8 Å². The zero-order valence-electron chi connectivity index (χ0n) is 21.4. The number of fused-ring (bicyclic) bond motifs is 1. The Morgan fingerprint density at radius 2 is 1.62 bits per heavy atom. The standard InChI is InChI=1S/C10H9N3O2.C9H10FN3O2.C3H7N.C2H7N/c14-13(15)8-3-4-10-9(5-8)11-6-12(10)7-1-2-7;1-12(2)6-11-9-5-7(13(14)15)3-4-8(9)10;4-3-1-2-3;1-3-2/h3-7H,1-2H2;3-6H,1-2H3;3H,1-2,4H2;3H,1-2H3. The van der Waals surface area contributed by atoms with E-state index in [9.17, 15) is 24.6 Å². The van der Waals surface area contributed by atoms with Crippen LogP contribution >= 0.6 is 0 Å². The number of rotatable bonds is 5. The summed E-state index contributed by atoms with van der Waals surface area (Å²) >= 11 is 0. The van der Waals surface area contributed by atoms with Gasteiger partial charge in [0.05, 0.1) is 33.5 Å². The maximum absolute atomic E-state index is 13.1. The first-order valence-electron chi connectivity index (χ1n) is 11.7. The smallest absolute Gasteiger partial charge is 0.271 e. The third-order valence-corrected chi connectivity index (χ3v) is 4.90. The number of aliphatic imine (C=N–C) groups is 1. The van der Waals surface area contributed by atoms with Crippen LogP contribution in [-0.4, -0.2) is 64.9 Å². The van der Waals surface area contributed by atoms with Gasteiger partial charge < -0.3 is 20.5 Å². The largest absolute Gasteiger partial charge is 0.369 e. The minimum Gasteiger partial charge on any atom is -0.369 e. The van der Waals surface area contributed by atoms with Crippen molar-refractivity contribution < 1.29 is 14.2 Å². The van der Waals surface area contributed by atoms with Crippen molar-refractivity contribution in [2.24, 2.45) is 10.7 Å². The van der Waals surface area contributed by atoms with Gasteiger partial charge in [0.15, 0.2) is 0 Å². The lowest BCUT2D eigenvalue weighted by Gasteiger charge is -2.02. The second-order valence-electron chi connectivity index (χ2n) is 8.75. The second kappa shape index (κ2) is 13.9. The molecular weight excluding hydrogens is 483 g/mol. The molecule has 37 heavy (non-hydrogen) atoms. The van der Waals surface area contributed by atoms with Gasteiger partial charge in [-0.3, -0.25) is 20.2 Å². The van der Waals surface area contributed by atoms with Crippen LogP contribution in [-0.2, 0) is 0 Å². The van der Waals surface area contributed by atoms with Gasteiger partial charge >= 0.3 is 0 Å². The Morgan fingerprint density at radius 3 is 2.11 bits per heavy atom. The monoisotopic (exact) mass is 516 g/mol. The number of hydrogen-bond acceptors (Lipinski definition) is 8. The number of nitro groups is 2. The Kier molecular flexibility index (Phi) is 11.0. The molecule has 2 saturated carbocycles. The maximum Gasteiger partial charge on any atom is 0.271 e. The molecule has 2 fully saturated rings. The van der Waals surface area contributed by atoms with Crippen LogP contribution in [0.3, 0.4) is 0 Å². The summed E-state index contributed by atoms with van der Waals surface area (Å²) in [4.78, 5) is 29.6. The topological polar surface area (TPSA) is 158 Å². The molecule has 5 rings (SSSR count). The Hall–Kier alpha value is -3.97. The van der Waals surface area contributed by atoms with Crippen LogP contribution in [0.25, 0.3) is 11.0 Å². The van der Waals surface area contributed by atoms with Gasteiger partial charge in [0, 0.05) is 50.4 Å². The van der Waals surface area contributed by atoms with Crippen molar-refractivity contribution in [3.8, 4) is 0 Å². The van der Waals surface area contributed by atoms with E-state index in [0.717, 1.165) is 23.7 Å². The Bertz CT molecular complexity index is 1220. The molecule has 2 aliphatic rings. The van der Waals surface area contributed by atoms with Crippen molar-refractivity contribution in [3.05, 3.63) is 68.8 Å². The fourth-order valence-corrected chi connectivity index (χ4v) is 2.76. The Balaban J connectivity index is 0.000000207. The van der Waals surface area contributed by atoms with E-state index in [0.29, 0.717) is 17.6 Å². The fourth-order valence-electron chi connectivity index (χ4n) is 2.76. The van der Waals surface area contributed by atoms with E-state index in [1.165, 1.54) is 44.2 Å². The zero-order valence-corrected chi connectivity index (χ0v) is 21.4. The summed E-state index contributed by atoms with van der Waals surface area (Å²) in [5.41, 5.74) is 6.79. The highest BCUT2D eigenvalue weighted by Gasteiger charge is 2.25. The first-order valence-corrected chi connectivity index (χ1v) is 11.7. The molecule has 0 amide bonds. The first-order chi connectivity index (χ1) is 17.6. The van der Waals surface area contributed by atoms with E-state index in [2.05, 4.69) is 19.9 Å². The molecule has 0 spiro atoms. The van der Waals surface area contributed by atoms with Crippen molar-refractivity contribution in [1.82, 2.24) is 19.8 Å². The minimum atomic E-state index is -0.589. The molecule has 13 heteroatoms. The summed E-state index contributed by atoms with van der Waals surface area (Å²) in [6, 6.07) is 9.19. The van der Waals surface area contributed by atoms with Crippen molar-refractivity contribution in [2.75, 3.05) is 28.2 Å². The van der Waals surface area contributed by atoms with Crippen LogP contribution < -0.4 is 11.1 Å². The molecular formula is C24H33FN8O4. The summed E-state index contributed by atoms with van der Waals surface area (Å²) in [7, 11) is 7.19. The SMILES string of the molecule is CN(C)C=Nc1cc([N+](=O)[O-])ccc1F.CNC.NC1CC1.O=[N+]([O-])c1ccc2c(c1)ncn2C1CC1. The third kappa shape index (κ3) is 9.89. The number of nitro benzene ring substituents is 2. The number of halogens is 1. The van der Waals surface area contributed by atoms with Crippen molar-refractivity contribution in [3.63, 3.8) is 0 Å². The summed E-state index contributed by atoms with van der Waals surface area (Å²) in [5.74, 6) is -0.585. The number of aromatic nitrogens is 2. The summed E-state index contributed by atoms with van der Waals surface area (Å²) in [5, 5.41) is 23.7. The normalized spacial score (nSPS) is 14.0. The highest BCUT2D eigenvalue weighted by atomic mass is 19.1. The molecule has 0 saturated heterocycles. The van der Waals surface area contributed by atoms with E-state index in [1.807, 2.05) is 14.1 Å². The number of hydrogen-bond donors (Lipinski definition) is 2. The summed E-state index contributed by atoms with van der Waals surface area (Å²) in [6.07, 6.45) is 8.04. The van der Waals surface area contributed by atoms with Gasteiger partial charge in [-0.25, -0.2) is 14.4 Å². The Morgan fingerprint density at radius 1 is 1.08 bits per heavy atom. The molecule has 200 valence electrons. The predicted molar refractivity (Wildman–Crippen MR) is 142 cm³/mol. The third-order valence-electron chi connectivity index (χ3n) is 4.90. The van der Waals surface area contributed by atoms with E-state index in [1.54, 1.807) is 31.4 Å². The van der Waals surface area contributed by atoms with Gasteiger partial charge in [-0.1, -0.05) is 0 Å². The number of nitrogens with one attached hydrogen (secondary N) is 1. The zero-order chi connectivity index (χ0) is 27.5. The van der Waals surface area contributed by atoms with Crippen LogP contribution in [0.1, 0.15) is 31.7 Å². The molecule has 0 atom stereocenters. The van der Waals surface area contributed by atoms with Gasteiger partial charge in [0.1, 0.15) is 11.5 Å². The van der Waals surface area contributed by atoms with Crippen molar-refractivity contribution in [1.29, 1.82) is 0 Å². The molecule has 3 N–H and O–H groups in total.